The Bertz CT molecular complexity index is 1170. The fourth-order valence-electron chi connectivity index (χ4n) is 5.57. The van der Waals surface area contributed by atoms with E-state index in [1.54, 1.807) is 0 Å². The van der Waals surface area contributed by atoms with E-state index >= 15 is 0 Å². The second kappa shape index (κ2) is 26.9. The molecule has 2 fully saturated rings. The van der Waals surface area contributed by atoms with Crippen LogP contribution < -0.4 is 26.6 Å². The second-order valence-electron chi connectivity index (χ2n) is 12.5. The molecule has 4 amide bonds. The van der Waals surface area contributed by atoms with Gasteiger partial charge in [0.25, 0.3) is 0 Å². The lowest BCUT2D eigenvalue weighted by atomic mass is 10.0. The number of urea groups is 1. The van der Waals surface area contributed by atoms with Crippen LogP contribution in [0.5, 0.6) is 0 Å². The van der Waals surface area contributed by atoms with Gasteiger partial charge in [-0.05, 0) is 78.8 Å². The van der Waals surface area contributed by atoms with E-state index in [0.29, 0.717) is 70.9 Å². The molecule has 0 unspecified atom stereocenters. The largest absolute Gasteiger partial charge is 0.380 e. The van der Waals surface area contributed by atoms with Gasteiger partial charge in [0.15, 0.2) is 0 Å². The van der Waals surface area contributed by atoms with Gasteiger partial charge in [-0.3, -0.25) is 9.59 Å². The molecule has 0 radical (unpaired) electrons. The summed E-state index contributed by atoms with van der Waals surface area (Å²) in [4.78, 5) is 36.4. The number of ether oxygens (including phenoxy) is 4. The molecular weight excluding hydrogens is 809 g/mol. The van der Waals surface area contributed by atoms with E-state index in [4.69, 9.17) is 31.2 Å². The van der Waals surface area contributed by atoms with Gasteiger partial charge in [-0.1, -0.05) is 30.8 Å². The quantitative estimate of drug-likeness (QED) is 0.0231. The average molecular weight is 866 g/mol. The minimum atomic E-state index is -0.876. The van der Waals surface area contributed by atoms with E-state index in [0.717, 1.165) is 62.2 Å². The average Bonchev–Trinajstić information content (AvgIpc) is 3.66. The van der Waals surface area contributed by atoms with Gasteiger partial charge >= 0.3 is 6.03 Å². The minimum Gasteiger partial charge on any atom is -0.380 e. The standard InChI is InChI=1S/C35H56IN5O8S2/c36-27-11-8-26(9-12-27)10-13-33(50)38-15-4-3-7-31(43)40-32(44)14-17-46-19-21-48-23-24-49-22-20-47-18-16-37-30(42)6-2-1-5-29-34-28(25-51-29)39-35(45)41-34/h8-9,11-12,28-29,31,34,43H,1-7,10,13-25H2,(H,37,42)(H,38,50)(H,40,44)(H2,39,41,45)/t28-,29-,31-,34-/m1/s1. The lowest BCUT2D eigenvalue weighted by Crippen LogP contribution is -2.36. The van der Waals surface area contributed by atoms with Crippen molar-refractivity contribution >= 4 is 69.4 Å². The third kappa shape index (κ3) is 20.3. The van der Waals surface area contributed by atoms with Crippen LogP contribution >= 0.6 is 46.6 Å². The summed E-state index contributed by atoms with van der Waals surface area (Å²) in [5, 5.41) is 25.2. The van der Waals surface area contributed by atoms with Crippen LogP contribution in [0.25, 0.3) is 0 Å². The lowest BCUT2D eigenvalue weighted by Gasteiger charge is -2.16. The molecule has 3 rings (SSSR count). The van der Waals surface area contributed by atoms with Crippen molar-refractivity contribution in [3.63, 3.8) is 0 Å². The smallest absolute Gasteiger partial charge is 0.315 e. The van der Waals surface area contributed by atoms with Gasteiger partial charge in [-0.25, -0.2) is 4.79 Å². The molecule has 0 aromatic heterocycles. The zero-order valence-corrected chi connectivity index (χ0v) is 33.3. The number of hydrogen-bond donors (Lipinski definition) is 6. The predicted octanol–water partition coefficient (Wildman–Crippen LogP) is 3.04. The van der Waals surface area contributed by atoms with E-state index in [1.165, 1.54) is 9.13 Å². The van der Waals surface area contributed by atoms with Crippen molar-refractivity contribution in [2.75, 3.05) is 71.7 Å². The van der Waals surface area contributed by atoms with Gasteiger partial charge in [-0.2, -0.15) is 11.8 Å². The number of nitrogens with one attached hydrogen (secondary N) is 5. The molecule has 4 atom stereocenters. The summed E-state index contributed by atoms with van der Waals surface area (Å²) in [6, 6.07) is 8.83. The molecular formula is C35H56IN5O8S2. The van der Waals surface area contributed by atoms with Gasteiger partial charge in [0.05, 0.1) is 76.3 Å². The zero-order chi connectivity index (χ0) is 36.5. The Kier molecular flexibility index (Phi) is 23.0. The monoisotopic (exact) mass is 865 g/mol. The number of fused-ring (bicyclic) bond motifs is 1. The van der Waals surface area contributed by atoms with Crippen LogP contribution in [0, 0.1) is 3.57 Å². The molecule has 16 heteroatoms. The van der Waals surface area contributed by atoms with Gasteiger partial charge in [0, 0.05) is 40.5 Å². The van der Waals surface area contributed by atoms with Crippen LogP contribution in [0.3, 0.4) is 0 Å². The molecule has 51 heavy (non-hydrogen) atoms. The molecule has 288 valence electrons. The minimum absolute atomic E-state index is 0.0304. The number of aliphatic hydroxyl groups excluding tert-OH is 1. The third-order valence-corrected chi connectivity index (χ3v) is 10.9. The number of rotatable bonds is 29. The molecule has 2 heterocycles. The third-order valence-electron chi connectivity index (χ3n) is 8.35. The number of carbonyl (C=O) groups excluding carboxylic acids is 3. The van der Waals surface area contributed by atoms with Crippen LogP contribution in [0.15, 0.2) is 24.3 Å². The summed E-state index contributed by atoms with van der Waals surface area (Å²) in [5.74, 6) is 0.733. The number of unbranched alkanes of at least 4 members (excludes halogenated alkanes) is 2. The number of thiocarbonyl (C=S) groups is 1. The first kappa shape index (κ1) is 43.6. The molecule has 6 N–H and O–H groups in total. The molecule has 1 aromatic carbocycles. The summed E-state index contributed by atoms with van der Waals surface area (Å²) in [6.07, 6.45) is 6.41. The van der Waals surface area contributed by atoms with E-state index < -0.39 is 6.23 Å². The molecule has 0 spiro atoms. The van der Waals surface area contributed by atoms with Crippen LogP contribution in [0.1, 0.15) is 63.4 Å². The maximum Gasteiger partial charge on any atom is 0.315 e. The second-order valence-corrected chi connectivity index (χ2v) is 15.5. The summed E-state index contributed by atoms with van der Waals surface area (Å²) < 4.78 is 23.1. The van der Waals surface area contributed by atoms with Gasteiger partial charge < -0.3 is 50.6 Å². The maximum atomic E-state index is 12.0. The normalized spacial score (nSPS) is 18.5. The highest BCUT2D eigenvalue weighted by Crippen LogP contribution is 2.33. The SMILES string of the molecule is O=C(CCCC[C@H]1SC[C@H]2NC(=O)N[C@H]21)NCCOCCOCCOCCOCCC(=O)N[C@H](O)CCCCNC(=S)CCc1ccc(I)cc1. The molecule has 0 saturated carbocycles. The fourth-order valence-corrected chi connectivity index (χ4v) is 7.68. The highest BCUT2D eigenvalue weighted by atomic mass is 127. The van der Waals surface area contributed by atoms with E-state index in [2.05, 4.69) is 73.4 Å². The van der Waals surface area contributed by atoms with E-state index in [1.807, 2.05) is 11.8 Å². The summed E-state index contributed by atoms with van der Waals surface area (Å²) in [5.41, 5.74) is 1.27. The highest BCUT2D eigenvalue weighted by molar-refractivity contribution is 14.1. The Morgan fingerprint density at radius 1 is 0.843 bits per heavy atom. The lowest BCUT2D eigenvalue weighted by molar-refractivity contribution is -0.125. The Morgan fingerprint density at radius 3 is 2.25 bits per heavy atom. The Hall–Kier alpha value is -1.80. The van der Waals surface area contributed by atoms with Crippen LogP contribution in [-0.2, 0) is 35.0 Å². The van der Waals surface area contributed by atoms with Crippen molar-refractivity contribution in [3.05, 3.63) is 33.4 Å². The molecule has 13 nitrogen and oxygen atoms in total. The fraction of sp³-hybridized carbons (Fsp3) is 0.714. The van der Waals surface area contributed by atoms with Crippen molar-refractivity contribution < 1.29 is 38.4 Å². The summed E-state index contributed by atoms with van der Waals surface area (Å²) in [7, 11) is 0. The zero-order valence-electron chi connectivity index (χ0n) is 29.5. The first-order valence-electron chi connectivity index (χ1n) is 18.0. The number of amides is 4. The van der Waals surface area contributed by atoms with Gasteiger partial charge in [0.1, 0.15) is 6.23 Å². The molecule has 2 aliphatic heterocycles. The topological polar surface area (TPSA) is 169 Å². The number of halogens is 1. The first-order chi connectivity index (χ1) is 24.8. The molecule has 0 aliphatic carbocycles. The Balaban J connectivity index is 0.986. The van der Waals surface area contributed by atoms with Crippen molar-refractivity contribution in [2.24, 2.45) is 0 Å². The first-order valence-corrected chi connectivity index (χ1v) is 20.6. The number of benzene rings is 1. The Morgan fingerprint density at radius 2 is 1.53 bits per heavy atom. The number of aliphatic hydroxyl groups is 1. The number of thioether (sulfide) groups is 1. The number of carbonyl (C=O) groups is 3. The Labute approximate surface area is 325 Å². The summed E-state index contributed by atoms with van der Waals surface area (Å²) in [6.45, 7) is 4.37. The molecule has 2 saturated heterocycles. The van der Waals surface area contributed by atoms with Gasteiger partial charge in [-0.15, -0.1) is 0 Å². The van der Waals surface area contributed by atoms with Crippen LogP contribution in [0.4, 0.5) is 4.79 Å². The van der Waals surface area contributed by atoms with Crippen LogP contribution in [0.2, 0.25) is 0 Å². The maximum absolute atomic E-state index is 12.0. The van der Waals surface area contributed by atoms with Crippen molar-refractivity contribution in [3.8, 4) is 0 Å². The molecule has 1 aromatic rings. The number of aryl methyl sites for hydroxylation is 1. The van der Waals surface area contributed by atoms with Gasteiger partial charge in [0.2, 0.25) is 11.8 Å². The van der Waals surface area contributed by atoms with Crippen LogP contribution in [-0.4, -0.2) is 123 Å². The predicted molar refractivity (Wildman–Crippen MR) is 211 cm³/mol. The summed E-state index contributed by atoms with van der Waals surface area (Å²) >= 11 is 9.61. The van der Waals surface area contributed by atoms with Crippen molar-refractivity contribution in [1.82, 2.24) is 26.6 Å². The van der Waals surface area contributed by atoms with Crippen molar-refractivity contribution in [2.45, 2.75) is 87.8 Å². The van der Waals surface area contributed by atoms with E-state index in [-0.39, 0.29) is 43.0 Å². The van der Waals surface area contributed by atoms with E-state index in [9.17, 15) is 19.5 Å². The highest BCUT2D eigenvalue weighted by Gasteiger charge is 2.42. The van der Waals surface area contributed by atoms with Crippen molar-refractivity contribution in [1.29, 1.82) is 0 Å². The number of hydrogen-bond acceptors (Lipinski definition) is 10. The molecule has 0 bridgehead atoms. The molecule has 2 aliphatic rings.